The van der Waals surface area contributed by atoms with Crippen LogP contribution >= 0.6 is 46.5 Å². The van der Waals surface area contributed by atoms with Gasteiger partial charge in [0.25, 0.3) is 0 Å². The molecule has 0 atom stereocenters. The van der Waals surface area contributed by atoms with Crippen molar-refractivity contribution in [1.82, 2.24) is 20.0 Å². The molecule has 0 N–H and O–H groups in total. The average molecular weight is 307 g/mol. The predicted octanol–water partition coefficient (Wildman–Crippen LogP) is 3.25. The molecule has 0 amide bonds. The Balaban J connectivity index is 2.07. The third-order valence-electron chi connectivity index (χ3n) is 2.17. The van der Waals surface area contributed by atoms with Crippen LogP contribution in [0.5, 0.6) is 0 Å². The minimum absolute atomic E-state index is 0.699. The van der Waals surface area contributed by atoms with Crippen LogP contribution in [0.2, 0.25) is 5.15 Å². The first-order valence-corrected chi connectivity index (χ1v) is 8.20. The maximum atomic E-state index is 6.16. The highest BCUT2D eigenvalue weighted by atomic mass is 35.5. The zero-order valence-corrected chi connectivity index (χ0v) is 12.8. The van der Waals surface area contributed by atoms with Gasteiger partial charge in [-0.15, -0.1) is 10.2 Å². The smallest absolute Gasteiger partial charge is 0.175 e. The molecule has 0 aliphatic carbocycles. The van der Waals surface area contributed by atoms with E-state index in [4.69, 9.17) is 11.6 Å². The highest BCUT2D eigenvalue weighted by Gasteiger charge is 2.12. The molecule has 2 heterocycles. The summed E-state index contributed by atoms with van der Waals surface area (Å²) in [5, 5.41) is 13.1. The number of thioether (sulfide) groups is 2. The lowest BCUT2D eigenvalue weighted by Gasteiger charge is -1.97. The fraction of sp³-hybridized carbons (Fsp3) is 0.444. The van der Waals surface area contributed by atoms with Gasteiger partial charge in [-0.2, -0.15) is 5.10 Å². The van der Waals surface area contributed by atoms with Crippen molar-refractivity contribution in [3.63, 3.8) is 0 Å². The predicted molar refractivity (Wildman–Crippen MR) is 74.2 cm³/mol. The lowest BCUT2D eigenvalue weighted by molar-refractivity contribution is 0.757. The van der Waals surface area contributed by atoms with Gasteiger partial charge in [0.05, 0.1) is 5.69 Å². The van der Waals surface area contributed by atoms with Crippen molar-refractivity contribution in [3.05, 3.63) is 16.4 Å². The van der Waals surface area contributed by atoms with Crippen molar-refractivity contribution in [2.45, 2.75) is 21.4 Å². The van der Waals surface area contributed by atoms with Crippen molar-refractivity contribution in [3.8, 4) is 0 Å². The highest BCUT2D eigenvalue weighted by Crippen LogP contribution is 2.32. The van der Waals surface area contributed by atoms with Crippen molar-refractivity contribution >= 4 is 46.5 Å². The number of hydrogen-bond acceptors (Lipinski definition) is 6. The molecule has 2 aromatic rings. The Labute approximate surface area is 117 Å². The molecule has 0 radical (unpaired) electrons. The standard InChI is InChI=1S/C9H11ClN4S3/c1-5-6(7(10)14(2)13-5)4-16-9-12-11-8(15-3)17-9/h4H2,1-3H3. The van der Waals surface area contributed by atoms with Crippen molar-refractivity contribution in [2.75, 3.05) is 6.26 Å². The number of aryl methyl sites for hydroxylation is 2. The maximum Gasteiger partial charge on any atom is 0.175 e. The summed E-state index contributed by atoms with van der Waals surface area (Å²) in [7, 11) is 1.85. The van der Waals surface area contributed by atoms with E-state index in [0.717, 1.165) is 25.7 Å². The van der Waals surface area contributed by atoms with E-state index in [9.17, 15) is 0 Å². The number of rotatable bonds is 4. The summed E-state index contributed by atoms with van der Waals surface area (Å²) in [5.41, 5.74) is 2.04. The van der Waals surface area contributed by atoms with Crippen LogP contribution in [-0.2, 0) is 12.8 Å². The van der Waals surface area contributed by atoms with E-state index in [1.54, 1.807) is 39.5 Å². The third kappa shape index (κ3) is 2.96. The van der Waals surface area contributed by atoms with Crippen LogP contribution in [0.1, 0.15) is 11.3 Å². The lowest BCUT2D eigenvalue weighted by atomic mass is 10.3. The van der Waals surface area contributed by atoms with Gasteiger partial charge < -0.3 is 0 Å². The van der Waals surface area contributed by atoms with Crippen LogP contribution in [0.4, 0.5) is 0 Å². The lowest BCUT2D eigenvalue weighted by Crippen LogP contribution is -1.89. The van der Waals surface area contributed by atoms with E-state index in [1.165, 1.54) is 0 Å². The van der Waals surface area contributed by atoms with Gasteiger partial charge >= 0.3 is 0 Å². The number of hydrogen-bond donors (Lipinski definition) is 0. The molecule has 0 saturated heterocycles. The molecule has 0 aliphatic rings. The first-order chi connectivity index (χ1) is 8.11. The zero-order valence-electron chi connectivity index (χ0n) is 9.60. The van der Waals surface area contributed by atoms with Crippen LogP contribution in [0.15, 0.2) is 8.68 Å². The molecule has 2 rings (SSSR count). The summed E-state index contributed by atoms with van der Waals surface area (Å²) in [6.45, 7) is 1.97. The largest absolute Gasteiger partial charge is 0.257 e. The molecule has 4 nitrogen and oxygen atoms in total. The molecular weight excluding hydrogens is 296 g/mol. The Bertz CT molecular complexity index is 522. The fourth-order valence-corrected chi connectivity index (χ4v) is 4.16. The van der Waals surface area contributed by atoms with Crippen LogP contribution < -0.4 is 0 Å². The molecule has 17 heavy (non-hydrogen) atoms. The maximum absolute atomic E-state index is 6.16. The molecule has 0 bridgehead atoms. The minimum atomic E-state index is 0.699. The van der Waals surface area contributed by atoms with Crippen LogP contribution in [0, 0.1) is 6.92 Å². The Morgan fingerprint density at radius 3 is 2.59 bits per heavy atom. The van der Waals surface area contributed by atoms with Gasteiger partial charge in [-0.25, -0.2) is 0 Å². The molecule has 0 fully saturated rings. The SMILES string of the molecule is CSc1nnc(SCc2c(C)nn(C)c2Cl)s1. The van der Waals surface area contributed by atoms with Gasteiger partial charge in [-0.05, 0) is 13.2 Å². The van der Waals surface area contributed by atoms with Crippen molar-refractivity contribution < 1.29 is 0 Å². The summed E-state index contributed by atoms with van der Waals surface area (Å²) in [5.74, 6) is 0.779. The highest BCUT2D eigenvalue weighted by molar-refractivity contribution is 8.02. The number of halogens is 1. The first kappa shape index (κ1) is 13.2. The van der Waals surface area contributed by atoms with E-state index in [2.05, 4.69) is 15.3 Å². The van der Waals surface area contributed by atoms with E-state index in [1.807, 2.05) is 20.2 Å². The third-order valence-corrected chi connectivity index (χ3v) is 5.70. The molecule has 0 aliphatic heterocycles. The summed E-state index contributed by atoms with van der Waals surface area (Å²) >= 11 is 11.0. The molecule has 0 unspecified atom stereocenters. The average Bonchev–Trinajstić information content (AvgIpc) is 2.84. The Morgan fingerprint density at radius 2 is 2.06 bits per heavy atom. The van der Waals surface area contributed by atoms with E-state index in [-0.39, 0.29) is 0 Å². The van der Waals surface area contributed by atoms with Crippen molar-refractivity contribution in [2.24, 2.45) is 7.05 Å². The van der Waals surface area contributed by atoms with Gasteiger partial charge in [-0.3, -0.25) is 4.68 Å². The molecule has 2 aromatic heterocycles. The van der Waals surface area contributed by atoms with Crippen LogP contribution in [0.25, 0.3) is 0 Å². The second kappa shape index (κ2) is 5.60. The zero-order chi connectivity index (χ0) is 12.4. The summed E-state index contributed by atoms with van der Waals surface area (Å²) in [6.07, 6.45) is 2.00. The minimum Gasteiger partial charge on any atom is -0.257 e. The molecule has 0 spiro atoms. The second-order valence-corrected chi connectivity index (χ2v) is 6.92. The molecular formula is C9H11ClN4S3. The number of nitrogens with zero attached hydrogens (tertiary/aromatic N) is 4. The van der Waals surface area contributed by atoms with Crippen LogP contribution in [0.3, 0.4) is 0 Å². The molecule has 92 valence electrons. The first-order valence-electron chi connectivity index (χ1n) is 4.80. The van der Waals surface area contributed by atoms with Gasteiger partial charge in [0.2, 0.25) is 0 Å². The van der Waals surface area contributed by atoms with E-state index < -0.39 is 0 Å². The topological polar surface area (TPSA) is 43.6 Å². The molecule has 0 aromatic carbocycles. The van der Waals surface area contributed by atoms with Crippen molar-refractivity contribution in [1.29, 1.82) is 0 Å². The summed E-state index contributed by atoms with van der Waals surface area (Å²) in [4.78, 5) is 0. The number of aromatic nitrogens is 4. The van der Waals surface area contributed by atoms with Gasteiger partial charge in [-0.1, -0.05) is 46.5 Å². The molecule has 0 saturated carbocycles. The normalized spacial score (nSPS) is 11.1. The van der Waals surface area contributed by atoms with E-state index >= 15 is 0 Å². The van der Waals surface area contributed by atoms with Gasteiger partial charge in [0, 0.05) is 18.4 Å². The Kier molecular flexibility index (Phi) is 4.35. The van der Waals surface area contributed by atoms with Gasteiger partial charge in [0.1, 0.15) is 5.15 Å². The fourth-order valence-electron chi connectivity index (χ4n) is 1.31. The van der Waals surface area contributed by atoms with Gasteiger partial charge in [0.15, 0.2) is 8.68 Å². The van der Waals surface area contributed by atoms with Crippen LogP contribution in [-0.4, -0.2) is 26.2 Å². The quantitative estimate of drug-likeness (QED) is 0.811. The summed E-state index contributed by atoms with van der Waals surface area (Å²) < 4.78 is 3.65. The second-order valence-electron chi connectivity index (χ2n) is 3.31. The monoisotopic (exact) mass is 306 g/mol. The van der Waals surface area contributed by atoms with E-state index in [0.29, 0.717) is 5.15 Å². The Hall–Kier alpha value is -0.240. The Morgan fingerprint density at radius 1 is 1.35 bits per heavy atom. The molecule has 8 heteroatoms. The summed E-state index contributed by atoms with van der Waals surface area (Å²) in [6, 6.07) is 0.